The quantitative estimate of drug-likeness (QED) is 0.700. The van der Waals surface area contributed by atoms with Gasteiger partial charge in [0.25, 0.3) is 5.91 Å². The standard InChI is InChI=1S/C19H21N3O3/c1-21-16-13-15(25-2)8-7-14(16)12-17(21)19(24)20-9-5-11-22-10-4-3-6-18(22)23/h3-4,6-8,10,12-13H,5,9,11H2,1-2H3,(H,20,24). The monoisotopic (exact) mass is 339 g/mol. The number of carbonyl (C=O) groups excluding carboxylic acids is 1. The molecule has 0 fully saturated rings. The smallest absolute Gasteiger partial charge is 0.267 e. The van der Waals surface area contributed by atoms with E-state index in [0.29, 0.717) is 25.2 Å². The van der Waals surface area contributed by atoms with E-state index in [1.165, 1.54) is 6.07 Å². The zero-order valence-corrected chi connectivity index (χ0v) is 14.4. The number of methoxy groups -OCH3 is 1. The maximum Gasteiger partial charge on any atom is 0.267 e. The van der Waals surface area contributed by atoms with Gasteiger partial charge >= 0.3 is 0 Å². The molecule has 0 aliphatic rings. The number of aromatic nitrogens is 2. The molecule has 0 saturated carbocycles. The van der Waals surface area contributed by atoms with Crippen LogP contribution in [0.15, 0.2) is 53.5 Å². The first-order valence-corrected chi connectivity index (χ1v) is 8.17. The molecule has 1 aromatic carbocycles. The van der Waals surface area contributed by atoms with Crippen molar-refractivity contribution in [2.45, 2.75) is 13.0 Å². The van der Waals surface area contributed by atoms with Crippen LogP contribution in [0.1, 0.15) is 16.9 Å². The first-order valence-electron chi connectivity index (χ1n) is 8.17. The second kappa shape index (κ2) is 7.25. The van der Waals surface area contributed by atoms with Crippen molar-refractivity contribution in [3.63, 3.8) is 0 Å². The minimum absolute atomic E-state index is 0.0311. The Labute approximate surface area is 145 Å². The fourth-order valence-corrected chi connectivity index (χ4v) is 2.84. The number of nitrogens with one attached hydrogen (secondary N) is 1. The van der Waals surface area contributed by atoms with Crippen LogP contribution in [0.3, 0.4) is 0 Å². The predicted octanol–water partition coefficient (Wildman–Crippen LogP) is 2.17. The lowest BCUT2D eigenvalue weighted by Gasteiger charge is -2.08. The van der Waals surface area contributed by atoms with Crippen LogP contribution in [0, 0.1) is 0 Å². The molecular formula is C19H21N3O3. The average Bonchev–Trinajstić information content (AvgIpc) is 2.96. The molecule has 0 atom stereocenters. The van der Waals surface area contributed by atoms with Crippen LogP contribution in [0.4, 0.5) is 0 Å². The van der Waals surface area contributed by atoms with Crippen molar-refractivity contribution in [2.75, 3.05) is 13.7 Å². The van der Waals surface area contributed by atoms with Crippen molar-refractivity contribution in [1.82, 2.24) is 14.5 Å². The number of ether oxygens (including phenoxy) is 1. The van der Waals surface area contributed by atoms with E-state index in [4.69, 9.17) is 4.74 Å². The molecule has 0 aliphatic heterocycles. The summed E-state index contributed by atoms with van der Waals surface area (Å²) >= 11 is 0. The molecule has 1 N–H and O–H groups in total. The van der Waals surface area contributed by atoms with Crippen LogP contribution in [-0.2, 0) is 13.6 Å². The first kappa shape index (κ1) is 16.8. The highest BCUT2D eigenvalue weighted by molar-refractivity contribution is 5.98. The van der Waals surface area contributed by atoms with Gasteiger partial charge in [-0.3, -0.25) is 9.59 Å². The van der Waals surface area contributed by atoms with Gasteiger partial charge in [0.15, 0.2) is 0 Å². The van der Waals surface area contributed by atoms with E-state index >= 15 is 0 Å². The molecule has 25 heavy (non-hydrogen) atoms. The highest BCUT2D eigenvalue weighted by Gasteiger charge is 2.13. The minimum atomic E-state index is -0.127. The van der Waals surface area contributed by atoms with E-state index in [0.717, 1.165) is 16.7 Å². The van der Waals surface area contributed by atoms with Crippen molar-refractivity contribution in [1.29, 1.82) is 0 Å². The Balaban J connectivity index is 1.63. The third-order valence-electron chi connectivity index (χ3n) is 4.25. The molecule has 3 rings (SSSR count). The number of hydrogen-bond donors (Lipinski definition) is 1. The maximum absolute atomic E-state index is 12.4. The number of carbonyl (C=O) groups is 1. The summed E-state index contributed by atoms with van der Waals surface area (Å²) in [5.41, 5.74) is 1.51. The maximum atomic E-state index is 12.4. The van der Waals surface area contributed by atoms with Gasteiger partial charge in [-0.2, -0.15) is 0 Å². The summed E-state index contributed by atoms with van der Waals surface area (Å²) in [6.45, 7) is 1.08. The Morgan fingerprint density at radius 1 is 1.20 bits per heavy atom. The molecule has 0 radical (unpaired) electrons. The summed E-state index contributed by atoms with van der Waals surface area (Å²) in [7, 11) is 3.48. The third kappa shape index (κ3) is 3.57. The third-order valence-corrected chi connectivity index (χ3v) is 4.25. The fourth-order valence-electron chi connectivity index (χ4n) is 2.84. The van der Waals surface area contributed by atoms with Crippen LogP contribution in [0.2, 0.25) is 0 Å². The van der Waals surface area contributed by atoms with Crippen molar-refractivity contribution in [2.24, 2.45) is 7.05 Å². The molecule has 0 saturated heterocycles. The van der Waals surface area contributed by atoms with E-state index in [2.05, 4.69) is 5.32 Å². The van der Waals surface area contributed by atoms with Crippen molar-refractivity contribution >= 4 is 16.8 Å². The topological polar surface area (TPSA) is 65.3 Å². The van der Waals surface area contributed by atoms with E-state index in [9.17, 15) is 9.59 Å². The summed E-state index contributed by atoms with van der Waals surface area (Å²) < 4.78 is 8.73. The number of nitrogens with zero attached hydrogens (tertiary/aromatic N) is 2. The summed E-state index contributed by atoms with van der Waals surface area (Å²) in [6.07, 6.45) is 2.44. The van der Waals surface area contributed by atoms with Crippen LogP contribution < -0.4 is 15.6 Å². The lowest BCUT2D eigenvalue weighted by atomic mass is 10.2. The lowest BCUT2D eigenvalue weighted by Crippen LogP contribution is -2.28. The molecule has 0 spiro atoms. The molecule has 6 heteroatoms. The predicted molar refractivity (Wildman–Crippen MR) is 97.1 cm³/mol. The molecule has 2 heterocycles. The Bertz CT molecular complexity index is 956. The van der Waals surface area contributed by atoms with E-state index in [1.54, 1.807) is 23.9 Å². The molecule has 6 nitrogen and oxygen atoms in total. The summed E-state index contributed by atoms with van der Waals surface area (Å²) in [5.74, 6) is 0.632. The SMILES string of the molecule is COc1ccc2cc(C(=O)NCCCn3ccccc3=O)n(C)c2c1. The van der Waals surface area contributed by atoms with E-state index in [-0.39, 0.29) is 11.5 Å². The Morgan fingerprint density at radius 3 is 2.80 bits per heavy atom. The van der Waals surface area contributed by atoms with Gasteiger partial charge in [-0.15, -0.1) is 0 Å². The zero-order chi connectivity index (χ0) is 17.8. The van der Waals surface area contributed by atoms with Crippen LogP contribution in [-0.4, -0.2) is 28.7 Å². The van der Waals surface area contributed by atoms with Gasteiger partial charge in [-0.25, -0.2) is 0 Å². The number of fused-ring (bicyclic) bond motifs is 1. The molecule has 0 unspecified atom stereocenters. The van der Waals surface area contributed by atoms with Gasteiger partial charge in [0.05, 0.1) is 12.6 Å². The highest BCUT2D eigenvalue weighted by Crippen LogP contribution is 2.23. The van der Waals surface area contributed by atoms with Gasteiger partial charge in [0, 0.05) is 43.9 Å². The van der Waals surface area contributed by atoms with Gasteiger partial charge in [-0.05, 0) is 30.7 Å². The number of benzene rings is 1. The molecule has 2 aromatic heterocycles. The summed E-state index contributed by atoms with van der Waals surface area (Å²) in [5, 5.41) is 3.90. The molecule has 0 aliphatic carbocycles. The number of pyridine rings is 1. The van der Waals surface area contributed by atoms with Crippen LogP contribution >= 0.6 is 0 Å². The Hall–Kier alpha value is -3.02. The Morgan fingerprint density at radius 2 is 2.04 bits per heavy atom. The van der Waals surface area contributed by atoms with Gasteiger partial charge in [0.1, 0.15) is 11.4 Å². The molecule has 3 aromatic rings. The second-order valence-corrected chi connectivity index (χ2v) is 5.86. The molecule has 1 amide bonds. The molecule has 130 valence electrons. The molecular weight excluding hydrogens is 318 g/mol. The van der Waals surface area contributed by atoms with Crippen molar-refractivity contribution in [3.8, 4) is 5.75 Å². The minimum Gasteiger partial charge on any atom is -0.497 e. The fraction of sp³-hybridized carbons (Fsp3) is 0.263. The number of hydrogen-bond acceptors (Lipinski definition) is 3. The first-order chi connectivity index (χ1) is 12.1. The number of amides is 1. The van der Waals surface area contributed by atoms with Gasteiger partial charge in [-0.1, -0.05) is 6.07 Å². The van der Waals surface area contributed by atoms with Crippen molar-refractivity contribution in [3.05, 3.63) is 64.7 Å². The average molecular weight is 339 g/mol. The van der Waals surface area contributed by atoms with Crippen LogP contribution in [0.25, 0.3) is 10.9 Å². The molecule has 0 bridgehead atoms. The van der Waals surface area contributed by atoms with E-state index in [1.807, 2.05) is 41.9 Å². The number of aryl methyl sites for hydroxylation is 2. The number of rotatable bonds is 6. The highest BCUT2D eigenvalue weighted by atomic mass is 16.5. The largest absolute Gasteiger partial charge is 0.497 e. The van der Waals surface area contributed by atoms with Crippen molar-refractivity contribution < 1.29 is 9.53 Å². The van der Waals surface area contributed by atoms with Gasteiger partial charge in [0.2, 0.25) is 5.56 Å². The normalized spacial score (nSPS) is 10.8. The summed E-state index contributed by atoms with van der Waals surface area (Å²) in [6, 6.07) is 12.7. The second-order valence-electron chi connectivity index (χ2n) is 5.86. The van der Waals surface area contributed by atoms with Gasteiger partial charge < -0.3 is 19.2 Å². The Kier molecular flexibility index (Phi) is 4.88. The zero-order valence-electron chi connectivity index (χ0n) is 14.4. The van der Waals surface area contributed by atoms with Crippen LogP contribution in [0.5, 0.6) is 5.75 Å². The lowest BCUT2D eigenvalue weighted by molar-refractivity contribution is 0.0945. The summed E-state index contributed by atoms with van der Waals surface area (Å²) in [4.78, 5) is 24.1. The van der Waals surface area contributed by atoms with E-state index < -0.39 is 0 Å².